The van der Waals surface area contributed by atoms with Gasteiger partial charge in [-0.1, -0.05) is 57.0 Å². The van der Waals surface area contributed by atoms with Gasteiger partial charge in [0.05, 0.1) is 32.8 Å². The Morgan fingerprint density at radius 3 is 2.28 bits per heavy atom. The van der Waals surface area contributed by atoms with Crippen molar-refractivity contribution in [2.24, 2.45) is 0 Å². The molecule has 3 rings (SSSR count). The maximum atomic E-state index is 10.5. The molecule has 36 heavy (non-hydrogen) atoms. The SMILES string of the molecule is CCCCN(CCCC)c1ccc2cc(/C=C/c3cc[nH+]c(O)c3CC[N+](C)(C)CCO)ccc2c1. The quantitative estimate of drug-likeness (QED) is 0.291. The van der Waals surface area contributed by atoms with Crippen LogP contribution in [0.15, 0.2) is 48.7 Å². The predicted octanol–water partition coefficient (Wildman–Crippen LogP) is 5.55. The molecule has 5 nitrogen and oxygen atoms in total. The molecular formula is C31H45N3O2+2. The fourth-order valence-corrected chi connectivity index (χ4v) is 4.56. The van der Waals surface area contributed by atoms with E-state index in [2.05, 4.69) is 86.4 Å². The fourth-order valence-electron chi connectivity index (χ4n) is 4.56. The molecule has 0 radical (unpaired) electrons. The summed E-state index contributed by atoms with van der Waals surface area (Å²) in [4.78, 5) is 5.46. The van der Waals surface area contributed by atoms with Gasteiger partial charge in [0.25, 0.3) is 0 Å². The summed E-state index contributed by atoms with van der Waals surface area (Å²) < 4.78 is 0.703. The lowest BCUT2D eigenvalue weighted by Crippen LogP contribution is -2.43. The molecule has 5 heteroatoms. The highest BCUT2D eigenvalue weighted by Crippen LogP contribution is 2.26. The van der Waals surface area contributed by atoms with Crippen LogP contribution in [0.5, 0.6) is 5.88 Å². The number of aromatic nitrogens is 1. The molecule has 0 amide bonds. The van der Waals surface area contributed by atoms with E-state index in [0.717, 1.165) is 42.7 Å². The molecule has 194 valence electrons. The van der Waals surface area contributed by atoms with Gasteiger partial charge in [-0.15, -0.1) is 0 Å². The second-order valence-electron chi connectivity index (χ2n) is 10.4. The number of anilines is 1. The zero-order chi connectivity index (χ0) is 26.0. The number of aromatic amines is 1. The standard InChI is InChI=1S/C31H43N3O2/c1-5-7-18-33(19-8-6-2)29-14-13-27-23-25(10-12-28(27)24-29)9-11-26-15-17-32-31(36)30(26)16-20-34(3,4)21-22-35/h9-15,17,23-24,35H,5-8,16,18-22H2,1-4H3/p+2/b11-9+. The number of quaternary nitrogens is 1. The number of pyridine rings is 1. The van der Waals surface area contributed by atoms with Crippen LogP contribution in [0.2, 0.25) is 0 Å². The first-order valence-corrected chi connectivity index (χ1v) is 13.5. The Bertz CT molecular complexity index is 1130. The lowest BCUT2D eigenvalue weighted by Gasteiger charge is -2.28. The summed E-state index contributed by atoms with van der Waals surface area (Å²) in [5, 5.41) is 22.3. The molecule has 3 N–H and O–H groups in total. The minimum atomic E-state index is 0.158. The van der Waals surface area contributed by atoms with Crippen molar-refractivity contribution in [2.75, 3.05) is 51.8 Å². The van der Waals surface area contributed by atoms with E-state index in [1.807, 2.05) is 6.07 Å². The van der Waals surface area contributed by atoms with Gasteiger partial charge < -0.3 is 19.6 Å². The summed E-state index contributed by atoms with van der Waals surface area (Å²) in [6.07, 6.45) is 11.6. The molecule has 1 heterocycles. The van der Waals surface area contributed by atoms with E-state index >= 15 is 0 Å². The molecule has 0 spiro atoms. The Kier molecular flexibility index (Phi) is 10.3. The minimum absolute atomic E-state index is 0.158. The van der Waals surface area contributed by atoms with E-state index in [1.165, 1.54) is 42.1 Å². The Balaban J connectivity index is 1.79. The number of aliphatic hydroxyl groups excluding tert-OH is 1. The summed E-state index contributed by atoms with van der Waals surface area (Å²) in [5.74, 6) is 0.211. The number of hydrogen-bond acceptors (Lipinski definition) is 3. The number of nitrogens with zero attached hydrogens (tertiary/aromatic N) is 2. The van der Waals surface area contributed by atoms with Crippen LogP contribution in [-0.2, 0) is 6.42 Å². The van der Waals surface area contributed by atoms with Crippen LogP contribution in [0.4, 0.5) is 5.69 Å². The van der Waals surface area contributed by atoms with Crippen LogP contribution < -0.4 is 9.88 Å². The smallest absolute Gasteiger partial charge is 0.367 e. The molecule has 2 aromatic carbocycles. The van der Waals surface area contributed by atoms with Crippen LogP contribution in [0, 0.1) is 0 Å². The second kappa shape index (κ2) is 13.4. The van der Waals surface area contributed by atoms with Gasteiger partial charge in [-0.2, -0.15) is 4.98 Å². The number of rotatable bonds is 14. The topological polar surface area (TPSA) is 57.8 Å². The summed E-state index contributed by atoms with van der Waals surface area (Å²) in [6.45, 7) is 8.41. The second-order valence-corrected chi connectivity index (χ2v) is 10.4. The third-order valence-corrected chi connectivity index (χ3v) is 7.02. The fraction of sp³-hybridized carbons (Fsp3) is 0.452. The van der Waals surface area contributed by atoms with Gasteiger partial charge in [0.2, 0.25) is 0 Å². The summed E-state index contributed by atoms with van der Waals surface area (Å²) in [7, 11) is 4.20. The zero-order valence-electron chi connectivity index (χ0n) is 22.6. The first kappa shape index (κ1) is 27.7. The Morgan fingerprint density at radius 2 is 1.58 bits per heavy atom. The van der Waals surface area contributed by atoms with Gasteiger partial charge in [0.15, 0.2) is 6.20 Å². The lowest BCUT2D eigenvalue weighted by atomic mass is 10.0. The maximum Gasteiger partial charge on any atom is 0.367 e. The number of aliphatic hydroxyl groups is 1. The van der Waals surface area contributed by atoms with Crippen molar-refractivity contribution in [1.29, 1.82) is 0 Å². The van der Waals surface area contributed by atoms with Crippen LogP contribution in [-0.4, -0.2) is 61.6 Å². The van der Waals surface area contributed by atoms with Gasteiger partial charge in [-0.25, -0.2) is 0 Å². The van der Waals surface area contributed by atoms with Crippen molar-refractivity contribution in [2.45, 2.75) is 46.0 Å². The lowest BCUT2D eigenvalue weighted by molar-refractivity contribution is -0.890. The van der Waals surface area contributed by atoms with Crippen LogP contribution in [0.1, 0.15) is 56.2 Å². The van der Waals surface area contributed by atoms with Crippen molar-refractivity contribution < 1.29 is 19.7 Å². The number of likely N-dealkylation sites (N-methyl/N-ethyl adjacent to an activating group) is 1. The monoisotopic (exact) mass is 491 g/mol. The molecule has 3 aromatic rings. The molecule has 0 fully saturated rings. The number of aromatic hydroxyl groups is 1. The summed E-state index contributed by atoms with van der Waals surface area (Å²) in [5.41, 5.74) is 4.37. The zero-order valence-corrected chi connectivity index (χ0v) is 22.6. The highest BCUT2D eigenvalue weighted by molar-refractivity contribution is 5.88. The highest BCUT2D eigenvalue weighted by Gasteiger charge is 2.19. The number of benzene rings is 2. The average Bonchev–Trinajstić information content (AvgIpc) is 2.86. The molecule has 0 atom stereocenters. The van der Waals surface area contributed by atoms with Crippen LogP contribution in [0.3, 0.4) is 0 Å². The minimum Gasteiger partial charge on any atom is -0.460 e. The highest BCUT2D eigenvalue weighted by atomic mass is 16.3. The first-order valence-electron chi connectivity index (χ1n) is 13.5. The largest absolute Gasteiger partial charge is 0.460 e. The van der Waals surface area contributed by atoms with Crippen molar-refractivity contribution >= 4 is 28.6 Å². The molecule has 0 aliphatic rings. The van der Waals surface area contributed by atoms with E-state index in [-0.39, 0.29) is 12.5 Å². The number of nitrogens with one attached hydrogen (secondary N) is 1. The maximum absolute atomic E-state index is 10.5. The third kappa shape index (κ3) is 7.81. The molecule has 0 bridgehead atoms. The van der Waals surface area contributed by atoms with Crippen molar-refractivity contribution in [3.8, 4) is 5.88 Å². The molecule has 0 aliphatic carbocycles. The number of fused-ring (bicyclic) bond motifs is 1. The third-order valence-electron chi connectivity index (χ3n) is 7.02. The summed E-state index contributed by atoms with van der Waals surface area (Å²) >= 11 is 0. The van der Waals surface area contributed by atoms with Gasteiger partial charge in [-0.3, -0.25) is 0 Å². The van der Waals surface area contributed by atoms with E-state index in [0.29, 0.717) is 11.0 Å². The van der Waals surface area contributed by atoms with Crippen LogP contribution in [0.25, 0.3) is 22.9 Å². The molecule has 0 aliphatic heterocycles. The van der Waals surface area contributed by atoms with Crippen molar-refractivity contribution in [1.82, 2.24) is 0 Å². The molecule has 0 saturated heterocycles. The van der Waals surface area contributed by atoms with E-state index < -0.39 is 0 Å². The van der Waals surface area contributed by atoms with Crippen molar-refractivity contribution in [3.63, 3.8) is 0 Å². The van der Waals surface area contributed by atoms with Gasteiger partial charge in [0.1, 0.15) is 6.54 Å². The summed E-state index contributed by atoms with van der Waals surface area (Å²) in [6, 6.07) is 15.4. The molecular weight excluding hydrogens is 446 g/mol. The predicted molar refractivity (Wildman–Crippen MR) is 152 cm³/mol. The Morgan fingerprint density at radius 1 is 0.889 bits per heavy atom. The van der Waals surface area contributed by atoms with E-state index in [9.17, 15) is 10.2 Å². The molecule has 0 saturated carbocycles. The Labute approximate surface area is 217 Å². The average molecular weight is 492 g/mol. The number of unbranched alkanes of at least 4 members (excludes halogenated alkanes) is 2. The molecule has 0 unspecified atom stereocenters. The number of hydrogen-bond donors (Lipinski definition) is 2. The number of H-pyrrole nitrogens is 1. The van der Waals surface area contributed by atoms with Gasteiger partial charge in [-0.05, 0) is 52.9 Å². The van der Waals surface area contributed by atoms with Crippen molar-refractivity contribution in [3.05, 3.63) is 65.4 Å². The normalized spacial score (nSPS) is 12.0. The molecule has 1 aromatic heterocycles. The first-order chi connectivity index (χ1) is 17.4. The van der Waals surface area contributed by atoms with Crippen LogP contribution >= 0.6 is 0 Å². The van der Waals surface area contributed by atoms with Gasteiger partial charge >= 0.3 is 5.88 Å². The Hall–Kier alpha value is -2.89. The van der Waals surface area contributed by atoms with Gasteiger partial charge in [0, 0.05) is 31.3 Å². The van der Waals surface area contributed by atoms with E-state index in [1.54, 1.807) is 6.20 Å². The van der Waals surface area contributed by atoms with E-state index in [4.69, 9.17) is 0 Å².